The van der Waals surface area contributed by atoms with Gasteiger partial charge in [-0.1, -0.05) is 44.2 Å². The van der Waals surface area contributed by atoms with Gasteiger partial charge < -0.3 is 5.32 Å². The normalized spacial score (nSPS) is 13.0. The fourth-order valence-electron chi connectivity index (χ4n) is 2.26. The van der Waals surface area contributed by atoms with Crippen LogP contribution in [0, 0.1) is 0 Å². The summed E-state index contributed by atoms with van der Waals surface area (Å²) in [5.74, 6) is 0. The van der Waals surface area contributed by atoms with Gasteiger partial charge in [0.2, 0.25) is 0 Å². The first kappa shape index (κ1) is 16.2. The fourth-order valence-corrected chi connectivity index (χ4v) is 3.10. The number of benzene rings is 1. The fraction of sp³-hybridized carbons (Fsp3) is 0.444. The van der Waals surface area contributed by atoms with E-state index in [1.807, 2.05) is 11.3 Å². The molecule has 1 heterocycles. The summed E-state index contributed by atoms with van der Waals surface area (Å²) < 4.78 is 0. The molecule has 0 aliphatic rings. The van der Waals surface area contributed by atoms with Crippen molar-refractivity contribution in [2.24, 2.45) is 0 Å². The lowest BCUT2D eigenvalue weighted by Crippen LogP contribution is -2.22. The lowest BCUT2D eigenvalue weighted by atomic mass is 10.1. The topological polar surface area (TPSA) is 15.3 Å². The largest absolute Gasteiger partial charge is 0.310 e. The zero-order chi connectivity index (χ0) is 15.2. The van der Waals surface area contributed by atoms with Crippen LogP contribution in [0.5, 0.6) is 0 Å². The van der Waals surface area contributed by atoms with Crippen molar-refractivity contribution in [3.8, 4) is 0 Å². The second-order valence-electron chi connectivity index (χ2n) is 5.96. The number of rotatable bonds is 7. The van der Waals surface area contributed by atoms with Crippen LogP contribution < -0.4 is 5.32 Å². The smallest absolute Gasteiger partial charge is 0.0413 e. The predicted octanol–water partition coefficient (Wildman–Crippen LogP) is 4.44. The van der Waals surface area contributed by atoms with Crippen molar-refractivity contribution in [1.82, 2.24) is 10.2 Å². The molecule has 1 unspecified atom stereocenters. The minimum atomic E-state index is 0.465. The van der Waals surface area contributed by atoms with E-state index in [-0.39, 0.29) is 0 Å². The summed E-state index contributed by atoms with van der Waals surface area (Å²) in [6, 6.07) is 14.3. The summed E-state index contributed by atoms with van der Waals surface area (Å²) in [7, 11) is 2.19. The van der Waals surface area contributed by atoms with E-state index in [4.69, 9.17) is 0 Å². The van der Waals surface area contributed by atoms with Gasteiger partial charge in [-0.3, -0.25) is 4.90 Å². The van der Waals surface area contributed by atoms with Crippen molar-refractivity contribution in [2.45, 2.75) is 45.9 Å². The van der Waals surface area contributed by atoms with Crippen molar-refractivity contribution in [2.75, 3.05) is 7.05 Å². The number of nitrogens with one attached hydrogen (secondary N) is 1. The van der Waals surface area contributed by atoms with Crippen molar-refractivity contribution < 1.29 is 0 Å². The van der Waals surface area contributed by atoms with Gasteiger partial charge in [0.15, 0.2) is 0 Å². The van der Waals surface area contributed by atoms with Gasteiger partial charge in [0, 0.05) is 30.1 Å². The Hall–Kier alpha value is -1.16. The summed E-state index contributed by atoms with van der Waals surface area (Å²) in [6.07, 6.45) is 0. The molecule has 0 fully saturated rings. The Morgan fingerprint density at radius 2 is 1.71 bits per heavy atom. The first-order valence-electron chi connectivity index (χ1n) is 7.61. The third-order valence-corrected chi connectivity index (χ3v) is 4.83. The molecule has 114 valence electrons. The molecule has 3 heteroatoms. The maximum atomic E-state index is 3.45. The molecule has 0 saturated heterocycles. The van der Waals surface area contributed by atoms with E-state index in [0.29, 0.717) is 12.1 Å². The van der Waals surface area contributed by atoms with Gasteiger partial charge in [-0.25, -0.2) is 0 Å². The van der Waals surface area contributed by atoms with E-state index >= 15 is 0 Å². The van der Waals surface area contributed by atoms with Crippen molar-refractivity contribution in [3.05, 3.63) is 57.8 Å². The molecule has 0 aliphatic heterocycles. The molecule has 2 aromatic rings. The van der Waals surface area contributed by atoms with E-state index in [1.165, 1.54) is 16.0 Å². The first-order chi connectivity index (χ1) is 10.1. The highest BCUT2D eigenvalue weighted by Crippen LogP contribution is 2.24. The van der Waals surface area contributed by atoms with E-state index < -0.39 is 0 Å². The average molecular weight is 302 g/mol. The molecular weight excluding hydrogens is 276 g/mol. The molecule has 1 N–H and O–H groups in total. The van der Waals surface area contributed by atoms with Crippen LogP contribution in [-0.2, 0) is 13.1 Å². The molecule has 0 spiro atoms. The van der Waals surface area contributed by atoms with Gasteiger partial charge in [0.1, 0.15) is 0 Å². The van der Waals surface area contributed by atoms with E-state index in [1.54, 1.807) is 0 Å². The van der Waals surface area contributed by atoms with E-state index in [9.17, 15) is 0 Å². The molecule has 2 nitrogen and oxygen atoms in total. The van der Waals surface area contributed by atoms with E-state index in [0.717, 1.165) is 13.1 Å². The Bertz CT molecular complexity index is 517. The molecule has 0 radical (unpaired) electrons. The number of hydrogen-bond acceptors (Lipinski definition) is 3. The molecular formula is C18H26N2S. The zero-order valence-electron chi connectivity index (χ0n) is 13.5. The Balaban J connectivity index is 1.90. The number of thiophene rings is 1. The van der Waals surface area contributed by atoms with Crippen LogP contribution in [0.2, 0.25) is 0 Å². The summed E-state index contributed by atoms with van der Waals surface area (Å²) in [5, 5.41) is 5.60. The van der Waals surface area contributed by atoms with Crippen molar-refractivity contribution in [1.29, 1.82) is 0 Å². The third-order valence-electron chi connectivity index (χ3n) is 3.79. The van der Waals surface area contributed by atoms with Crippen molar-refractivity contribution >= 4 is 11.3 Å². The number of hydrogen-bond donors (Lipinski definition) is 1. The predicted molar refractivity (Wildman–Crippen MR) is 92.6 cm³/mol. The molecule has 0 saturated carbocycles. The van der Waals surface area contributed by atoms with Crippen molar-refractivity contribution in [3.63, 3.8) is 0 Å². The Kier molecular flexibility index (Phi) is 5.97. The number of nitrogens with zero attached hydrogens (tertiary/aromatic N) is 1. The summed E-state index contributed by atoms with van der Waals surface area (Å²) in [4.78, 5) is 3.82. The molecule has 21 heavy (non-hydrogen) atoms. The monoisotopic (exact) mass is 302 g/mol. The standard InChI is InChI=1S/C18H26N2S/c1-14(2)19-12-16-7-9-17(10-8-16)13-20(4)15(3)18-6-5-11-21-18/h5-11,14-15,19H,12-13H2,1-4H3. The van der Waals surface area contributed by atoms with Gasteiger partial charge >= 0.3 is 0 Å². The SMILES string of the molecule is CC(C)NCc1ccc(CN(C)C(C)c2cccs2)cc1. The third kappa shape index (κ3) is 4.95. The highest BCUT2D eigenvalue weighted by Gasteiger charge is 2.12. The van der Waals surface area contributed by atoms with Crippen LogP contribution >= 0.6 is 11.3 Å². The van der Waals surface area contributed by atoms with Crippen LogP contribution in [0.4, 0.5) is 0 Å². The minimum Gasteiger partial charge on any atom is -0.310 e. The zero-order valence-corrected chi connectivity index (χ0v) is 14.3. The molecule has 0 aliphatic carbocycles. The van der Waals surface area contributed by atoms with Crippen LogP contribution in [0.25, 0.3) is 0 Å². The van der Waals surface area contributed by atoms with Crippen LogP contribution in [0.1, 0.15) is 42.8 Å². The Morgan fingerprint density at radius 3 is 2.29 bits per heavy atom. The molecule has 1 aromatic carbocycles. The average Bonchev–Trinajstić information content (AvgIpc) is 2.99. The summed E-state index contributed by atoms with van der Waals surface area (Å²) in [6.45, 7) is 8.55. The van der Waals surface area contributed by atoms with Crippen LogP contribution in [0.3, 0.4) is 0 Å². The lowest BCUT2D eigenvalue weighted by Gasteiger charge is -2.24. The highest BCUT2D eigenvalue weighted by molar-refractivity contribution is 7.10. The second kappa shape index (κ2) is 7.74. The lowest BCUT2D eigenvalue weighted by molar-refractivity contribution is 0.256. The van der Waals surface area contributed by atoms with Gasteiger partial charge in [-0.05, 0) is 36.5 Å². The maximum absolute atomic E-state index is 3.45. The molecule has 0 bridgehead atoms. The summed E-state index contributed by atoms with van der Waals surface area (Å²) in [5.41, 5.74) is 2.72. The molecule has 1 atom stereocenters. The Morgan fingerprint density at radius 1 is 1.05 bits per heavy atom. The molecule has 1 aromatic heterocycles. The minimum absolute atomic E-state index is 0.465. The molecule has 2 rings (SSSR count). The van der Waals surface area contributed by atoms with E-state index in [2.05, 4.69) is 79.8 Å². The van der Waals surface area contributed by atoms with Gasteiger partial charge in [0.25, 0.3) is 0 Å². The second-order valence-corrected chi connectivity index (χ2v) is 6.94. The Labute approximate surface area is 132 Å². The van der Waals surface area contributed by atoms with Crippen LogP contribution in [-0.4, -0.2) is 18.0 Å². The van der Waals surface area contributed by atoms with Crippen LogP contribution in [0.15, 0.2) is 41.8 Å². The summed E-state index contributed by atoms with van der Waals surface area (Å²) >= 11 is 1.83. The quantitative estimate of drug-likeness (QED) is 0.813. The van der Waals surface area contributed by atoms with Gasteiger partial charge in [-0.2, -0.15) is 0 Å². The van der Waals surface area contributed by atoms with Gasteiger partial charge in [-0.15, -0.1) is 11.3 Å². The first-order valence-corrected chi connectivity index (χ1v) is 8.49. The highest BCUT2D eigenvalue weighted by atomic mass is 32.1. The molecule has 0 amide bonds. The maximum Gasteiger partial charge on any atom is 0.0413 e. The van der Waals surface area contributed by atoms with Gasteiger partial charge in [0.05, 0.1) is 0 Å².